The summed E-state index contributed by atoms with van der Waals surface area (Å²) < 4.78 is 27.2. The van der Waals surface area contributed by atoms with Crippen molar-refractivity contribution in [3.8, 4) is 11.5 Å². The summed E-state index contributed by atoms with van der Waals surface area (Å²) in [5, 5.41) is 2.57. The number of esters is 2. The molecule has 36 heavy (non-hydrogen) atoms. The molecule has 1 N–H and O–H groups in total. The van der Waals surface area contributed by atoms with E-state index >= 15 is 0 Å². The molecule has 194 valence electrons. The Balaban J connectivity index is 1.64. The predicted molar refractivity (Wildman–Crippen MR) is 128 cm³/mol. The van der Waals surface area contributed by atoms with E-state index in [-0.39, 0.29) is 17.2 Å². The number of pyridine rings is 1. The second kappa shape index (κ2) is 12.9. The summed E-state index contributed by atoms with van der Waals surface area (Å²) in [5.74, 6) is -1.13. The van der Waals surface area contributed by atoms with Crippen LogP contribution in [0.3, 0.4) is 0 Å². The standard InChI is InChI=1S/C26H32N2O8/c1-16(28-25(30)22-24(35-15-34-18(3)29)21(32-4)12-13-27-22)26(31)36-17(2)23(33-14-19-10-11-19)20-8-6-5-7-9-20/h5-9,12-13,16-17,19,23H,10-11,14-15H2,1-4H3,(H,28,30)/t16-,17-,23-/m0/s1. The van der Waals surface area contributed by atoms with Gasteiger partial charge in [0.2, 0.25) is 6.79 Å². The fraction of sp³-hybridized carbons (Fsp3) is 0.462. The Labute approximate surface area is 210 Å². The van der Waals surface area contributed by atoms with Crippen molar-refractivity contribution in [2.24, 2.45) is 5.92 Å². The Bertz CT molecular complexity index is 1040. The van der Waals surface area contributed by atoms with Crippen molar-refractivity contribution in [1.29, 1.82) is 0 Å². The summed E-state index contributed by atoms with van der Waals surface area (Å²) in [6.07, 6.45) is 2.63. The number of nitrogens with zero attached hydrogens (tertiary/aromatic N) is 1. The van der Waals surface area contributed by atoms with E-state index in [2.05, 4.69) is 10.3 Å². The molecule has 1 fully saturated rings. The number of methoxy groups -OCH3 is 1. The molecule has 10 nitrogen and oxygen atoms in total. The maximum atomic E-state index is 12.9. The average Bonchev–Trinajstić information content (AvgIpc) is 3.69. The molecule has 1 aromatic carbocycles. The zero-order valence-electron chi connectivity index (χ0n) is 20.9. The SMILES string of the molecule is COc1ccnc(C(=O)N[C@@H](C)C(=O)O[C@@H](C)[C@H](OCC2CC2)c2ccccc2)c1OCOC(C)=O. The van der Waals surface area contributed by atoms with Crippen LogP contribution in [0.2, 0.25) is 0 Å². The average molecular weight is 501 g/mol. The van der Waals surface area contributed by atoms with E-state index < -0.39 is 42.9 Å². The van der Waals surface area contributed by atoms with Crippen molar-refractivity contribution in [2.45, 2.75) is 51.9 Å². The second-order valence-electron chi connectivity index (χ2n) is 8.53. The minimum absolute atomic E-state index is 0.0229. The number of nitrogens with one attached hydrogen (secondary N) is 1. The number of hydrogen-bond donors (Lipinski definition) is 1. The van der Waals surface area contributed by atoms with Crippen molar-refractivity contribution in [2.75, 3.05) is 20.5 Å². The largest absolute Gasteiger partial charge is 0.493 e. The first kappa shape index (κ1) is 26.9. The number of rotatable bonds is 13. The monoisotopic (exact) mass is 500 g/mol. The molecule has 0 bridgehead atoms. The smallest absolute Gasteiger partial charge is 0.328 e. The van der Waals surface area contributed by atoms with E-state index in [1.54, 1.807) is 6.92 Å². The lowest BCUT2D eigenvalue weighted by atomic mass is 10.1. The third kappa shape index (κ3) is 7.67. The lowest BCUT2D eigenvalue weighted by molar-refractivity contribution is -0.158. The molecule has 0 spiro atoms. The topological polar surface area (TPSA) is 122 Å². The summed E-state index contributed by atoms with van der Waals surface area (Å²) in [6, 6.07) is 10.1. The number of carbonyl (C=O) groups excluding carboxylic acids is 3. The van der Waals surface area contributed by atoms with Crippen LogP contribution >= 0.6 is 0 Å². The molecule has 3 atom stereocenters. The molecule has 1 aliphatic rings. The Morgan fingerprint density at radius 1 is 1.11 bits per heavy atom. The van der Waals surface area contributed by atoms with Gasteiger partial charge >= 0.3 is 11.9 Å². The van der Waals surface area contributed by atoms with Gasteiger partial charge in [0.05, 0.1) is 13.7 Å². The van der Waals surface area contributed by atoms with Crippen molar-refractivity contribution >= 4 is 17.8 Å². The highest BCUT2D eigenvalue weighted by atomic mass is 16.7. The van der Waals surface area contributed by atoms with Crippen LogP contribution in [0.5, 0.6) is 11.5 Å². The number of benzene rings is 1. The minimum Gasteiger partial charge on any atom is -0.493 e. The van der Waals surface area contributed by atoms with E-state index in [1.165, 1.54) is 33.2 Å². The highest BCUT2D eigenvalue weighted by Crippen LogP contribution is 2.33. The summed E-state index contributed by atoms with van der Waals surface area (Å²) in [4.78, 5) is 40.8. The maximum absolute atomic E-state index is 12.9. The summed E-state index contributed by atoms with van der Waals surface area (Å²) in [6.45, 7) is 4.67. The van der Waals surface area contributed by atoms with Crippen LogP contribution in [0.1, 0.15) is 55.8 Å². The van der Waals surface area contributed by atoms with Gasteiger partial charge in [-0.25, -0.2) is 9.78 Å². The van der Waals surface area contributed by atoms with E-state index in [0.29, 0.717) is 12.5 Å². The van der Waals surface area contributed by atoms with Crippen LogP contribution in [0.25, 0.3) is 0 Å². The number of amides is 1. The molecular formula is C26H32N2O8. The second-order valence-corrected chi connectivity index (χ2v) is 8.53. The molecule has 0 unspecified atom stereocenters. The van der Waals surface area contributed by atoms with Crippen molar-refractivity contribution in [1.82, 2.24) is 10.3 Å². The number of aromatic nitrogens is 1. The Hall–Kier alpha value is -3.66. The van der Waals surface area contributed by atoms with Gasteiger partial charge in [-0.1, -0.05) is 30.3 Å². The van der Waals surface area contributed by atoms with Gasteiger partial charge in [0.15, 0.2) is 17.2 Å². The van der Waals surface area contributed by atoms with Crippen LogP contribution in [0.15, 0.2) is 42.6 Å². The van der Waals surface area contributed by atoms with E-state index in [9.17, 15) is 14.4 Å². The zero-order chi connectivity index (χ0) is 26.1. The molecule has 3 rings (SSSR count). The third-order valence-electron chi connectivity index (χ3n) is 5.53. The Kier molecular flexibility index (Phi) is 9.63. The third-order valence-corrected chi connectivity index (χ3v) is 5.53. The molecule has 0 aliphatic heterocycles. The van der Waals surface area contributed by atoms with Crippen LogP contribution < -0.4 is 14.8 Å². The molecular weight excluding hydrogens is 468 g/mol. The lowest BCUT2D eigenvalue weighted by Crippen LogP contribution is -2.42. The highest BCUT2D eigenvalue weighted by molar-refractivity contribution is 5.98. The van der Waals surface area contributed by atoms with Gasteiger partial charge in [0, 0.05) is 19.2 Å². The minimum atomic E-state index is -0.992. The lowest BCUT2D eigenvalue weighted by Gasteiger charge is -2.26. The zero-order valence-corrected chi connectivity index (χ0v) is 20.9. The molecule has 1 aromatic heterocycles. The van der Waals surface area contributed by atoms with Crippen molar-refractivity contribution in [3.63, 3.8) is 0 Å². The normalized spacial score (nSPS) is 15.2. The van der Waals surface area contributed by atoms with Gasteiger partial charge < -0.3 is 29.0 Å². The van der Waals surface area contributed by atoms with E-state index in [1.807, 2.05) is 30.3 Å². The van der Waals surface area contributed by atoms with Gasteiger partial charge in [0.1, 0.15) is 18.2 Å². The molecule has 0 saturated heterocycles. The van der Waals surface area contributed by atoms with Gasteiger partial charge in [-0.15, -0.1) is 0 Å². The van der Waals surface area contributed by atoms with Crippen LogP contribution in [-0.4, -0.2) is 55.5 Å². The van der Waals surface area contributed by atoms with Crippen molar-refractivity contribution < 1.29 is 38.1 Å². The predicted octanol–water partition coefficient (Wildman–Crippen LogP) is 3.21. The Morgan fingerprint density at radius 2 is 1.83 bits per heavy atom. The maximum Gasteiger partial charge on any atom is 0.328 e. The van der Waals surface area contributed by atoms with Gasteiger partial charge in [-0.2, -0.15) is 0 Å². The summed E-state index contributed by atoms with van der Waals surface area (Å²) in [5.41, 5.74) is 0.773. The van der Waals surface area contributed by atoms with E-state index in [0.717, 1.165) is 18.4 Å². The van der Waals surface area contributed by atoms with Crippen molar-refractivity contribution in [3.05, 3.63) is 53.9 Å². The van der Waals surface area contributed by atoms with Gasteiger partial charge in [-0.3, -0.25) is 9.59 Å². The number of carbonyl (C=O) groups is 3. The van der Waals surface area contributed by atoms with Gasteiger partial charge in [0.25, 0.3) is 5.91 Å². The molecule has 10 heteroatoms. The first-order valence-electron chi connectivity index (χ1n) is 11.8. The number of hydrogen-bond acceptors (Lipinski definition) is 9. The number of ether oxygens (including phenoxy) is 5. The van der Waals surface area contributed by atoms with Gasteiger partial charge in [-0.05, 0) is 38.2 Å². The quantitative estimate of drug-likeness (QED) is 0.326. The van der Waals surface area contributed by atoms with E-state index in [4.69, 9.17) is 23.7 Å². The molecule has 0 radical (unpaired) electrons. The fourth-order valence-electron chi connectivity index (χ4n) is 3.40. The molecule has 1 aliphatic carbocycles. The molecule has 2 aromatic rings. The first-order valence-corrected chi connectivity index (χ1v) is 11.8. The van der Waals surface area contributed by atoms with Crippen LogP contribution in [0.4, 0.5) is 0 Å². The summed E-state index contributed by atoms with van der Waals surface area (Å²) in [7, 11) is 1.39. The molecule has 1 heterocycles. The molecule has 1 saturated carbocycles. The Morgan fingerprint density at radius 3 is 2.47 bits per heavy atom. The fourth-order valence-corrected chi connectivity index (χ4v) is 3.40. The molecule has 1 amide bonds. The summed E-state index contributed by atoms with van der Waals surface area (Å²) >= 11 is 0. The van der Waals surface area contributed by atoms with Crippen LogP contribution in [-0.2, 0) is 23.8 Å². The van der Waals surface area contributed by atoms with Crippen LogP contribution in [0, 0.1) is 5.92 Å². The highest BCUT2D eigenvalue weighted by Gasteiger charge is 2.30. The first-order chi connectivity index (χ1) is 17.3.